The third-order valence-electron chi connectivity index (χ3n) is 2.96. The summed E-state index contributed by atoms with van der Waals surface area (Å²) in [5.41, 5.74) is 6.32. The Morgan fingerprint density at radius 3 is 2.37 bits per heavy atom. The minimum absolute atomic E-state index is 0.188. The number of aromatic nitrogens is 2. The van der Waals surface area contributed by atoms with E-state index in [0.717, 1.165) is 5.69 Å². The van der Waals surface area contributed by atoms with Gasteiger partial charge < -0.3 is 10.6 Å². The van der Waals surface area contributed by atoms with Crippen LogP contribution in [0.5, 0.6) is 0 Å². The molecule has 0 amide bonds. The molecule has 0 aliphatic carbocycles. The average Bonchev–Trinajstić information content (AvgIpc) is 2.26. The van der Waals surface area contributed by atoms with Gasteiger partial charge in [0.2, 0.25) is 5.95 Å². The number of piperazine rings is 1. The molecule has 0 aromatic carbocycles. The second-order valence-electron chi connectivity index (χ2n) is 4.60. The van der Waals surface area contributed by atoms with Crippen molar-refractivity contribution in [2.75, 3.05) is 43.4 Å². The summed E-state index contributed by atoms with van der Waals surface area (Å²) in [4.78, 5) is 11.4. The van der Waals surface area contributed by atoms with E-state index in [9.17, 15) is 13.2 Å². The van der Waals surface area contributed by atoms with Crippen molar-refractivity contribution >= 4 is 11.8 Å². The molecule has 0 saturated carbocycles. The molecule has 0 unspecified atom stereocenters. The maximum atomic E-state index is 12.3. The second-order valence-corrected chi connectivity index (χ2v) is 4.60. The van der Waals surface area contributed by atoms with Crippen molar-refractivity contribution in [1.29, 1.82) is 0 Å². The maximum Gasteiger partial charge on any atom is 0.401 e. The fourth-order valence-corrected chi connectivity index (χ4v) is 2.13. The molecule has 0 spiro atoms. The summed E-state index contributed by atoms with van der Waals surface area (Å²) in [6, 6.07) is 1.79. The lowest BCUT2D eigenvalue weighted by Gasteiger charge is -2.35. The first-order valence-electron chi connectivity index (χ1n) is 5.99. The van der Waals surface area contributed by atoms with E-state index in [1.807, 2.05) is 4.90 Å². The Hall–Kier alpha value is -1.57. The fourth-order valence-electron chi connectivity index (χ4n) is 2.13. The number of halogens is 3. The van der Waals surface area contributed by atoms with Crippen molar-refractivity contribution in [2.24, 2.45) is 0 Å². The second kappa shape index (κ2) is 5.20. The normalized spacial score (nSPS) is 17.8. The molecule has 19 heavy (non-hydrogen) atoms. The predicted molar refractivity (Wildman–Crippen MR) is 65.9 cm³/mol. The SMILES string of the molecule is Cc1cc(N2CCN(CC(F)(F)F)CC2)nc(N)n1. The molecule has 0 bridgehead atoms. The molecule has 1 aliphatic rings. The quantitative estimate of drug-likeness (QED) is 0.874. The molecule has 106 valence electrons. The Labute approximate surface area is 109 Å². The minimum atomic E-state index is -4.14. The number of rotatable bonds is 2. The van der Waals surface area contributed by atoms with Crippen LogP contribution in [0.2, 0.25) is 0 Å². The van der Waals surface area contributed by atoms with Gasteiger partial charge in [0.1, 0.15) is 5.82 Å². The van der Waals surface area contributed by atoms with Gasteiger partial charge >= 0.3 is 6.18 Å². The number of nitrogen functional groups attached to an aromatic ring is 1. The number of hydrogen-bond donors (Lipinski definition) is 1. The molecule has 0 atom stereocenters. The molecule has 2 rings (SSSR count). The summed E-state index contributed by atoms with van der Waals surface area (Å²) in [7, 11) is 0. The zero-order valence-corrected chi connectivity index (χ0v) is 10.6. The Kier molecular flexibility index (Phi) is 3.79. The van der Waals surface area contributed by atoms with Gasteiger partial charge in [-0.05, 0) is 6.92 Å². The van der Waals surface area contributed by atoms with E-state index >= 15 is 0 Å². The first kappa shape index (κ1) is 13.9. The molecule has 8 heteroatoms. The van der Waals surface area contributed by atoms with Gasteiger partial charge in [-0.1, -0.05) is 0 Å². The number of anilines is 2. The van der Waals surface area contributed by atoms with Crippen LogP contribution < -0.4 is 10.6 Å². The third-order valence-corrected chi connectivity index (χ3v) is 2.96. The van der Waals surface area contributed by atoms with Crippen molar-refractivity contribution in [3.8, 4) is 0 Å². The number of alkyl halides is 3. The van der Waals surface area contributed by atoms with Gasteiger partial charge in [0.25, 0.3) is 0 Å². The van der Waals surface area contributed by atoms with Gasteiger partial charge in [0.15, 0.2) is 0 Å². The van der Waals surface area contributed by atoms with Crippen LogP contribution in [0.15, 0.2) is 6.07 Å². The zero-order chi connectivity index (χ0) is 14.0. The summed E-state index contributed by atoms with van der Waals surface area (Å²) in [5, 5.41) is 0. The molecule has 1 aromatic rings. The highest BCUT2D eigenvalue weighted by molar-refractivity contribution is 5.43. The van der Waals surface area contributed by atoms with E-state index in [1.165, 1.54) is 4.90 Å². The molecule has 2 N–H and O–H groups in total. The Morgan fingerprint density at radius 2 is 1.84 bits per heavy atom. The van der Waals surface area contributed by atoms with Gasteiger partial charge in [0.05, 0.1) is 6.54 Å². The van der Waals surface area contributed by atoms with Crippen molar-refractivity contribution in [3.63, 3.8) is 0 Å². The molecule has 2 heterocycles. The first-order chi connectivity index (χ1) is 8.83. The van der Waals surface area contributed by atoms with Gasteiger partial charge in [-0.2, -0.15) is 18.2 Å². The van der Waals surface area contributed by atoms with Crippen LogP contribution in [0, 0.1) is 6.92 Å². The molecule has 1 fully saturated rings. The van der Waals surface area contributed by atoms with Crippen LogP contribution in [0.3, 0.4) is 0 Å². The molecule has 0 radical (unpaired) electrons. The monoisotopic (exact) mass is 275 g/mol. The topological polar surface area (TPSA) is 58.3 Å². The maximum absolute atomic E-state index is 12.3. The first-order valence-corrected chi connectivity index (χ1v) is 5.99. The summed E-state index contributed by atoms with van der Waals surface area (Å²) < 4.78 is 36.8. The van der Waals surface area contributed by atoms with Crippen LogP contribution in [-0.2, 0) is 0 Å². The van der Waals surface area contributed by atoms with E-state index in [-0.39, 0.29) is 5.95 Å². The van der Waals surface area contributed by atoms with Gasteiger partial charge in [-0.3, -0.25) is 4.90 Å². The van der Waals surface area contributed by atoms with Crippen molar-refractivity contribution < 1.29 is 13.2 Å². The van der Waals surface area contributed by atoms with Crippen molar-refractivity contribution in [1.82, 2.24) is 14.9 Å². The van der Waals surface area contributed by atoms with Crippen LogP contribution in [0.4, 0.5) is 24.9 Å². The highest BCUT2D eigenvalue weighted by atomic mass is 19.4. The van der Waals surface area contributed by atoms with Gasteiger partial charge in [0, 0.05) is 37.9 Å². The highest BCUT2D eigenvalue weighted by Crippen LogP contribution is 2.20. The van der Waals surface area contributed by atoms with Crippen LogP contribution in [-0.4, -0.2) is 53.8 Å². The number of nitrogens with two attached hydrogens (primary N) is 1. The van der Waals surface area contributed by atoms with E-state index in [4.69, 9.17) is 5.73 Å². The third kappa shape index (κ3) is 3.95. The van der Waals surface area contributed by atoms with Crippen LogP contribution >= 0.6 is 0 Å². The molecule has 5 nitrogen and oxygen atoms in total. The Balaban J connectivity index is 1.96. The van der Waals surface area contributed by atoms with Gasteiger partial charge in [-0.15, -0.1) is 0 Å². The Bertz CT molecular complexity index is 420. The summed E-state index contributed by atoms with van der Waals surface area (Å²) in [6.45, 7) is 2.69. The highest BCUT2D eigenvalue weighted by Gasteiger charge is 2.32. The zero-order valence-electron chi connectivity index (χ0n) is 10.6. The average molecular weight is 275 g/mol. The number of hydrogen-bond acceptors (Lipinski definition) is 5. The fraction of sp³-hybridized carbons (Fsp3) is 0.636. The largest absolute Gasteiger partial charge is 0.401 e. The molecule has 1 aliphatic heterocycles. The number of aryl methyl sites for hydroxylation is 1. The van der Waals surface area contributed by atoms with E-state index < -0.39 is 12.7 Å². The van der Waals surface area contributed by atoms with Crippen molar-refractivity contribution in [3.05, 3.63) is 11.8 Å². The van der Waals surface area contributed by atoms with Crippen LogP contribution in [0.25, 0.3) is 0 Å². The lowest BCUT2D eigenvalue weighted by atomic mass is 10.3. The standard InChI is InChI=1S/C11H16F3N5/c1-8-6-9(17-10(15)16-8)19-4-2-18(3-5-19)7-11(12,13)14/h6H,2-5,7H2,1H3,(H2,15,16,17). The molecular weight excluding hydrogens is 259 g/mol. The van der Waals surface area contributed by atoms with Crippen molar-refractivity contribution in [2.45, 2.75) is 13.1 Å². The van der Waals surface area contributed by atoms with E-state index in [0.29, 0.717) is 32.0 Å². The smallest absolute Gasteiger partial charge is 0.368 e. The lowest BCUT2D eigenvalue weighted by molar-refractivity contribution is -0.146. The van der Waals surface area contributed by atoms with E-state index in [2.05, 4.69) is 9.97 Å². The van der Waals surface area contributed by atoms with Crippen LogP contribution in [0.1, 0.15) is 5.69 Å². The number of nitrogens with zero attached hydrogens (tertiary/aromatic N) is 4. The lowest BCUT2D eigenvalue weighted by Crippen LogP contribution is -2.49. The molecule has 1 saturated heterocycles. The predicted octanol–water partition coefficient (Wildman–Crippen LogP) is 1.05. The summed E-state index contributed by atoms with van der Waals surface area (Å²) in [5.74, 6) is 0.865. The van der Waals surface area contributed by atoms with E-state index in [1.54, 1.807) is 13.0 Å². The minimum Gasteiger partial charge on any atom is -0.368 e. The summed E-state index contributed by atoms with van der Waals surface area (Å²) in [6.07, 6.45) is -4.14. The Morgan fingerprint density at radius 1 is 1.21 bits per heavy atom. The molecule has 1 aromatic heterocycles. The summed E-state index contributed by atoms with van der Waals surface area (Å²) >= 11 is 0. The molecular formula is C11H16F3N5. The van der Waals surface area contributed by atoms with Gasteiger partial charge in [-0.25, -0.2) is 4.98 Å².